The van der Waals surface area contributed by atoms with E-state index in [9.17, 15) is 4.79 Å². The van der Waals surface area contributed by atoms with Crippen LogP contribution in [0.3, 0.4) is 0 Å². The average molecular weight is 542 g/mol. The van der Waals surface area contributed by atoms with Crippen molar-refractivity contribution in [1.82, 2.24) is 4.90 Å². The summed E-state index contributed by atoms with van der Waals surface area (Å²) < 4.78 is 0. The molecule has 0 aliphatic carbocycles. The monoisotopic (exact) mass is 541 g/mol. The zero-order valence-electron chi connectivity index (χ0n) is 20.4. The number of hydrogen-bond donors (Lipinski definition) is 1. The second-order valence-corrected chi connectivity index (χ2v) is 18.4. The van der Waals surface area contributed by atoms with Gasteiger partial charge in [-0.3, -0.25) is 0 Å². The van der Waals surface area contributed by atoms with Gasteiger partial charge in [0.05, 0.1) is 0 Å². The van der Waals surface area contributed by atoms with Crippen molar-refractivity contribution in [1.29, 1.82) is 0 Å². The molecule has 0 amide bonds. The Bertz CT molecular complexity index is 1020. The molecule has 5 heteroatoms. The van der Waals surface area contributed by atoms with Crippen LogP contribution < -0.4 is 15.9 Å². The molecule has 0 heterocycles. The molecule has 0 saturated heterocycles. The first-order valence-corrected chi connectivity index (χ1v) is 16.6. The van der Waals surface area contributed by atoms with Crippen LogP contribution in [0.4, 0.5) is 0 Å². The standard InChI is InChI=1S/C29H37BrNO2P/c1-31(2)24-25-16-13-14-21-28(25)34(30,26-17-8-6-9-18-26,27-19-10-7-11-20-27)23-15-5-3-4-12-22-29(32)33/h6-11,13-14,16-21H,3-5,12,15,22-24H2,1-2H3,(H,32,33). The van der Waals surface area contributed by atoms with Gasteiger partial charge in [0.2, 0.25) is 0 Å². The number of rotatable bonds is 13. The number of carbonyl (C=O) groups is 1. The van der Waals surface area contributed by atoms with Gasteiger partial charge in [0.25, 0.3) is 0 Å². The predicted octanol–water partition coefficient (Wildman–Crippen LogP) is 6.31. The van der Waals surface area contributed by atoms with E-state index in [1.54, 1.807) is 0 Å². The van der Waals surface area contributed by atoms with Gasteiger partial charge >= 0.3 is 213 Å². The molecule has 0 saturated carbocycles. The van der Waals surface area contributed by atoms with Crippen LogP contribution in [0.1, 0.15) is 44.1 Å². The Morgan fingerprint density at radius 3 is 1.82 bits per heavy atom. The molecular weight excluding hydrogens is 505 g/mol. The fourth-order valence-electron chi connectivity index (χ4n) is 4.94. The van der Waals surface area contributed by atoms with Crippen molar-refractivity contribution in [3.8, 4) is 0 Å². The number of aliphatic carboxylic acids is 1. The minimum atomic E-state index is -2.95. The van der Waals surface area contributed by atoms with Gasteiger partial charge < -0.3 is 0 Å². The Balaban J connectivity index is 2.08. The molecule has 34 heavy (non-hydrogen) atoms. The molecule has 3 rings (SSSR count). The number of halogens is 1. The first-order chi connectivity index (χ1) is 16.4. The Morgan fingerprint density at radius 2 is 1.26 bits per heavy atom. The van der Waals surface area contributed by atoms with E-state index in [2.05, 4.69) is 119 Å². The summed E-state index contributed by atoms with van der Waals surface area (Å²) in [5.41, 5.74) is 1.36. The van der Waals surface area contributed by atoms with Gasteiger partial charge in [0.1, 0.15) is 0 Å². The fourth-order valence-corrected chi connectivity index (χ4v) is 13.3. The minimum absolute atomic E-state index is 0.268. The SMILES string of the molecule is CN(C)Cc1ccccc1P(Br)(CCCCCCCC(=O)O)(c1ccccc1)c1ccccc1. The molecule has 0 radical (unpaired) electrons. The summed E-state index contributed by atoms with van der Waals surface area (Å²) in [6, 6.07) is 30.9. The molecule has 0 bridgehead atoms. The average Bonchev–Trinajstić information content (AvgIpc) is 2.84. The van der Waals surface area contributed by atoms with E-state index in [4.69, 9.17) is 5.11 Å². The number of benzene rings is 3. The number of hydrogen-bond acceptors (Lipinski definition) is 2. The van der Waals surface area contributed by atoms with E-state index in [0.29, 0.717) is 0 Å². The normalized spacial score (nSPS) is 12.9. The zero-order chi connectivity index (χ0) is 24.5. The summed E-state index contributed by atoms with van der Waals surface area (Å²) in [4.78, 5) is 13.1. The van der Waals surface area contributed by atoms with Crippen molar-refractivity contribution in [2.75, 3.05) is 20.3 Å². The summed E-state index contributed by atoms with van der Waals surface area (Å²) in [6.45, 7) is 0.883. The third-order valence-electron chi connectivity index (χ3n) is 6.54. The third-order valence-corrected chi connectivity index (χ3v) is 16.6. The van der Waals surface area contributed by atoms with E-state index in [1.165, 1.54) is 21.5 Å². The zero-order valence-corrected chi connectivity index (χ0v) is 22.8. The van der Waals surface area contributed by atoms with Crippen LogP contribution in [0.5, 0.6) is 0 Å². The summed E-state index contributed by atoms with van der Waals surface area (Å²) in [6.07, 6.45) is 6.27. The second kappa shape index (κ2) is 12.1. The van der Waals surface area contributed by atoms with Gasteiger partial charge in [-0.15, -0.1) is 0 Å². The maximum absolute atomic E-state index is 10.8. The number of carboxylic acids is 1. The van der Waals surface area contributed by atoms with Crippen molar-refractivity contribution in [2.45, 2.75) is 45.1 Å². The number of nitrogens with zero attached hydrogens (tertiary/aromatic N) is 1. The van der Waals surface area contributed by atoms with Crippen molar-refractivity contribution >= 4 is 42.7 Å². The van der Waals surface area contributed by atoms with Gasteiger partial charge in [-0.1, -0.05) is 0 Å². The molecule has 0 unspecified atom stereocenters. The molecule has 0 aliphatic heterocycles. The van der Waals surface area contributed by atoms with Crippen LogP contribution in [0.15, 0.2) is 84.9 Å². The van der Waals surface area contributed by atoms with E-state index in [0.717, 1.165) is 44.8 Å². The number of carboxylic acid groups (broad SMARTS) is 1. The molecule has 0 spiro atoms. The van der Waals surface area contributed by atoms with Crippen LogP contribution in [-0.2, 0) is 11.3 Å². The molecule has 182 valence electrons. The van der Waals surface area contributed by atoms with Crippen LogP contribution in [0.2, 0.25) is 0 Å². The molecular formula is C29H37BrNO2P. The summed E-state index contributed by atoms with van der Waals surface area (Å²) in [7, 11) is 4.25. The van der Waals surface area contributed by atoms with Crippen LogP contribution in [0.25, 0.3) is 0 Å². The summed E-state index contributed by atoms with van der Waals surface area (Å²) in [5, 5.41) is 10.1. The molecule has 1 N–H and O–H groups in total. The van der Waals surface area contributed by atoms with Crippen LogP contribution in [0, 0.1) is 0 Å². The van der Waals surface area contributed by atoms with Crippen molar-refractivity contribution in [3.63, 3.8) is 0 Å². The van der Waals surface area contributed by atoms with Crippen LogP contribution in [-0.4, -0.2) is 36.2 Å². The topological polar surface area (TPSA) is 40.5 Å². The summed E-state index contributed by atoms with van der Waals surface area (Å²) >= 11 is 4.59. The van der Waals surface area contributed by atoms with Crippen molar-refractivity contribution < 1.29 is 9.90 Å². The summed E-state index contributed by atoms with van der Waals surface area (Å²) in [5.74, 6) is -0.698. The van der Waals surface area contributed by atoms with Gasteiger partial charge in [-0.2, -0.15) is 0 Å². The molecule has 3 aromatic rings. The van der Waals surface area contributed by atoms with Gasteiger partial charge in [-0.25, -0.2) is 0 Å². The van der Waals surface area contributed by atoms with E-state index in [1.807, 2.05) is 0 Å². The Labute approximate surface area is 212 Å². The quantitative estimate of drug-likeness (QED) is 0.203. The molecule has 0 atom stereocenters. The van der Waals surface area contributed by atoms with Crippen LogP contribution >= 0.6 is 20.8 Å². The Hall–Kier alpha value is -2.00. The predicted molar refractivity (Wildman–Crippen MR) is 152 cm³/mol. The Morgan fingerprint density at radius 1 is 0.765 bits per heavy atom. The number of unbranched alkanes of at least 4 members (excludes halogenated alkanes) is 4. The van der Waals surface area contributed by atoms with E-state index < -0.39 is 11.3 Å². The fraction of sp³-hybridized carbons (Fsp3) is 0.345. The molecule has 0 aromatic heterocycles. The molecule has 0 aliphatic rings. The first kappa shape index (κ1) is 26.6. The third kappa shape index (κ3) is 5.97. The van der Waals surface area contributed by atoms with Crippen molar-refractivity contribution in [2.24, 2.45) is 0 Å². The van der Waals surface area contributed by atoms with Gasteiger partial charge in [0, 0.05) is 0 Å². The van der Waals surface area contributed by atoms with E-state index >= 15 is 0 Å². The molecule has 3 nitrogen and oxygen atoms in total. The molecule has 3 aromatic carbocycles. The maximum atomic E-state index is 10.8. The second-order valence-electron chi connectivity index (χ2n) is 9.36. The molecule has 0 fully saturated rings. The Kier molecular flexibility index (Phi) is 9.47. The van der Waals surface area contributed by atoms with E-state index in [-0.39, 0.29) is 6.42 Å². The van der Waals surface area contributed by atoms with Crippen molar-refractivity contribution in [3.05, 3.63) is 90.5 Å². The van der Waals surface area contributed by atoms with Gasteiger partial charge in [0.15, 0.2) is 0 Å². The van der Waals surface area contributed by atoms with Gasteiger partial charge in [-0.05, 0) is 0 Å². The first-order valence-electron chi connectivity index (χ1n) is 12.2.